The minimum Gasteiger partial charge on any atom is -0.493 e. The second kappa shape index (κ2) is 6.34. The molecule has 1 aromatic heterocycles. The van der Waals surface area contributed by atoms with E-state index in [4.69, 9.17) is 27.4 Å². The first-order chi connectivity index (χ1) is 9.65. The third-order valence-corrected chi connectivity index (χ3v) is 3.13. The van der Waals surface area contributed by atoms with Crippen LogP contribution in [0.2, 0.25) is 0 Å². The summed E-state index contributed by atoms with van der Waals surface area (Å²) in [7, 11) is 1.61. The largest absolute Gasteiger partial charge is 0.493 e. The van der Waals surface area contributed by atoms with E-state index < -0.39 is 0 Å². The maximum atomic E-state index is 5.84. The van der Waals surface area contributed by atoms with Crippen molar-refractivity contribution < 1.29 is 9.47 Å². The van der Waals surface area contributed by atoms with Crippen LogP contribution in [0, 0.1) is 0 Å². The molecule has 0 aliphatic rings. The highest BCUT2D eigenvalue weighted by Gasteiger charge is 2.11. The van der Waals surface area contributed by atoms with Crippen molar-refractivity contribution in [3.63, 3.8) is 0 Å². The zero-order chi connectivity index (χ0) is 14.5. The van der Waals surface area contributed by atoms with E-state index in [1.54, 1.807) is 25.6 Å². The molecule has 0 fully saturated rings. The van der Waals surface area contributed by atoms with Crippen LogP contribution in [0.25, 0.3) is 0 Å². The van der Waals surface area contributed by atoms with E-state index in [1.807, 2.05) is 18.2 Å². The number of hydrogen-bond acceptors (Lipinski definition) is 4. The van der Waals surface area contributed by atoms with Crippen LogP contribution >= 0.6 is 12.2 Å². The molecule has 0 radical (unpaired) electrons. The Balaban J connectivity index is 2.37. The standard InChI is InChI=1S/C15H16N2O2S/c1-3-10-4-5-12(13(8-10)18-2)19-14-9-17-7-6-11(14)15(16)20/h4-9H,3H2,1-2H3,(H2,16,20). The van der Waals surface area contributed by atoms with Crippen molar-refractivity contribution in [3.8, 4) is 17.2 Å². The predicted octanol–water partition coefficient (Wildman–Crippen LogP) is 3.08. The summed E-state index contributed by atoms with van der Waals surface area (Å²) in [5, 5.41) is 0. The van der Waals surface area contributed by atoms with Crippen molar-refractivity contribution in [2.24, 2.45) is 5.73 Å². The Kier molecular flexibility index (Phi) is 4.53. The van der Waals surface area contributed by atoms with Crippen molar-refractivity contribution >= 4 is 17.2 Å². The van der Waals surface area contributed by atoms with Crippen molar-refractivity contribution in [1.82, 2.24) is 4.98 Å². The Hall–Kier alpha value is -2.14. The topological polar surface area (TPSA) is 57.4 Å². The molecule has 104 valence electrons. The first-order valence-corrected chi connectivity index (χ1v) is 6.65. The second-order valence-electron chi connectivity index (χ2n) is 4.18. The second-order valence-corrected chi connectivity index (χ2v) is 4.62. The van der Waals surface area contributed by atoms with Crippen LogP contribution < -0.4 is 15.2 Å². The Bertz CT molecular complexity index is 629. The zero-order valence-corrected chi connectivity index (χ0v) is 12.2. The van der Waals surface area contributed by atoms with Gasteiger partial charge >= 0.3 is 0 Å². The van der Waals surface area contributed by atoms with Gasteiger partial charge in [-0.15, -0.1) is 0 Å². The van der Waals surface area contributed by atoms with E-state index in [2.05, 4.69) is 11.9 Å². The number of aromatic nitrogens is 1. The van der Waals surface area contributed by atoms with Gasteiger partial charge in [-0.2, -0.15) is 0 Å². The fourth-order valence-electron chi connectivity index (χ4n) is 1.80. The van der Waals surface area contributed by atoms with E-state index >= 15 is 0 Å². The number of aryl methyl sites for hydroxylation is 1. The number of hydrogen-bond donors (Lipinski definition) is 1. The van der Waals surface area contributed by atoms with Crippen LogP contribution in [0.5, 0.6) is 17.2 Å². The van der Waals surface area contributed by atoms with E-state index in [0.717, 1.165) is 6.42 Å². The number of rotatable bonds is 5. The third-order valence-electron chi connectivity index (χ3n) is 2.91. The summed E-state index contributed by atoms with van der Waals surface area (Å²) in [4.78, 5) is 4.30. The van der Waals surface area contributed by atoms with E-state index in [9.17, 15) is 0 Å². The highest BCUT2D eigenvalue weighted by Crippen LogP contribution is 2.33. The van der Waals surface area contributed by atoms with Crippen LogP contribution in [0.4, 0.5) is 0 Å². The monoisotopic (exact) mass is 288 g/mol. The van der Waals surface area contributed by atoms with Gasteiger partial charge in [-0.05, 0) is 30.2 Å². The lowest BCUT2D eigenvalue weighted by Crippen LogP contribution is -2.11. The highest BCUT2D eigenvalue weighted by atomic mass is 32.1. The number of nitrogens with zero attached hydrogens (tertiary/aromatic N) is 1. The van der Waals surface area contributed by atoms with Crippen molar-refractivity contribution in [3.05, 3.63) is 47.8 Å². The number of methoxy groups -OCH3 is 1. The Morgan fingerprint density at radius 2 is 2.05 bits per heavy atom. The molecule has 0 spiro atoms. The van der Waals surface area contributed by atoms with Crippen LogP contribution in [0.15, 0.2) is 36.7 Å². The molecular formula is C15H16N2O2S. The molecule has 20 heavy (non-hydrogen) atoms. The lowest BCUT2D eigenvalue weighted by Gasteiger charge is -2.13. The van der Waals surface area contributed by atoms with E-state index in [0.29, 0.717) is 22.8 Å². The van der Waals surface area contributed by atoms with E-state index in [1.165, 1.54) is 5.56 Å². The molecule has 1 heterocycles. The Labute approximate surface area is 123 Å². The molecule has 0 atom stereocenters. The number of pyridine rings is 1. The molecule has 0 amide bonds. The number of thiocarbonyl (C=S) groups is 1. The first-order valence-electron chi connectivity index (χ1n) is 6.24. The van der Waals surface area contributed by atoms with Gasteiger partial charge < -0.3 is 15.2 Å². The average molecular weight is 288 g/mol. The average Bonchev–Trinajstić information content (AvgIpc) is 2.48. The van der Waals surface area contributed by atoms with Gasteiger partial charge in [0.05, 0.1) is 18.9 Å². The summed E-state index contributed by atoms with van der Waals surface area (Å²) in [6.45, 7) is 2.08. The number of benzene rings is 1. The van der Waals surface area contributed by atoms with E-state index in [-0.39, 0.29) is 4.99 Å². The molecular weight excluding hydrogens is 272 g/mol. The lowest BCUT2D eigenvalue weighted by atomic mass is 10.1. The first kappa shape index (κ1) is 14.3. The molecule has 0 saturated carbocycles. The molecule has 0 saturated heterocycles. The van der Waals surface area contributed by atoms with Gasteiger partial charge in [0, 0.05) is 6.20 Å². The molecule has 2 rings (SSSR count). The summed E-state index contributed by atoms with van der Waals surface area (Å²) in [5.74, 6) is 1.79. The van der Waals surface area contributed by atoms with Gasteiger partial charge in [0.25, 0.3) is 0 Å². The van der Waals surface area contributed by atoms with Gasteiger partial charge in [0.1, 0.15) is 4.99 Å². The Morgan fingerprint density at radius 3 is 2.70 bits per heavy atom. The summed E-state index contributed by atoms with van der Waals surface area (Å²) in [6, 6.07) is 7.54. The van der Waals surface area contributed by atoms with Crippen molar-refractivity contribution in [2.75, 3.05) is 7.11 Å². The smallest absolute Gasteiger partial charge is 0.169 e. The number of nitrogens with two attached hydrogens (primary N) is 1. The van der Waals surface area contributed by atoms with Gasteiger partial charge in [0.2, 0.25) is 0 Å². The van der Waals surface area contributed by atoms with Crippen molar-refractivity contribution in [2.45, 2.75) is 13.3 Å². The number of ether oxygens (including phenoxy) is 2. The van der Waals surface area contributed by atoms with Crippen LogP contribution in [0.1, 0.15) is 18.1 Å². The van der Waals surface area contributed by atoms with Crippen LogP contribution in [-0.2, 0) is 6.42 Å². The molecule has 0 bridgehead atoms. The van der Waals surface area contributed by atoms with Gasteiger partial charge in [-0.1, -0.05) is 25.2 Å². The minimum absolute atomic E-state index is 0.270. The molecule has 0 aliphatic heterocycles. The summed E-state index contributed by atoms with van der Waals surface area (Å²) >= 11 is 5.01. The molecule has 4 nitrogen and oxygen atoms in total. The summed E-state index contributed by atoms with van der Waals surface area (Å²) in [5.41, 5.74) is 7.50. The molecule has 5 heteroatoms. The fourth-order valence-corrected chi connectivity index (χ4v) is 1.97. The maximum Gasteiger partial charge on any atom is 0.169 e. The quantitative estimate of drug-likeness (QED) is 0.857. The summed E-state index contributed by atoms with van der Waals surface area (Å²) < 4.78 is 11.2. The SMILES string of the molecule is CCc1ccc(Oc2cnccc2C(N)=S)c(OC)c1. The molecule has 2 N–H and O–H groups in total. The van der Waals surface area contributed by atoms with Crippen molar-refractivity contribution in [1.29, 1.82) is 0 Å². The highest BCUT2D eigenvalue weighted by molar-refractivity contribution is 7.80. The van der Waals surface area contributed by atoms with Gasteiger partial charge in [-0.3, -0.25) is 4.98 Å². The Morgan fingerprint density at radius 1 is 1.25 bits per heavy atom. The van der Waals surface area contributed by atoms with Crippen LogP contribution in [-0.4, -0.2) is 17.1 Å². The normalized spacial score (nSPS) is 10.1. The fraction of sp³-hybridized carbons (Fsp3) is 0.200. The van der Waals surface area contributed by atoms with Gasteiger partial charge in [0.15, 0.2) is 17.2 Å². The molecule has 0 aliphatic carbocycles. The van der Waals surface area contributed by atoms with Gasteiger partial charge in [-0.25, -0.2) is 0 Å². The zero-order valence-electron chi connectivity index (χ0n) is 11.4. The van der Waals surface area contributed by atoms with Crippen LogP contribution in [0.3, 0.4) is 0 Å². The minimum atomic E-state index is 0.270. The lowest BCUT2D eigenvalue weighted by molar-refractivity contribution is 0.377. The summed E-state index contributed by atoms with van der Waals surface area (Å²) in [6.07, 6.45) is 4.14. The third kappa shape index (κ3) is 3.05. The maximum absolute atomic E-state index is 5.84. The molecule has 0 unspecified atom stereocenters. The molecule has 1 aromatic carbocycles. The molecule has 2 aromatic rings. The predicted molar refractivity (Wildman–Crippen MR) is 82.6 cm³/mol.